The minimum absolute atomic E-state index is 0.119. The topological polar surface area (TPSA) is 0 Å². The summed E-state index contributed by atoms with van der Waals surface area (Å²) in [6.07, 6.45) is 26.3. The highest BCUT2D eigenvalue weighted by Crippen LogP contribution is 2.45. The Bertz CT molecular complexity index is 654. The molecule has 0 heterocycles. The highest BCUT2D eigenvalue weighted by Gasteiger charge is 2.31. The number of hydrogen-bond acceptors (Lipinski definition) is 0. The molecule has 0 saturated heterocycles. The summed E-state index contributed by atoms with van der Waals surface area (Å²) in [7, 11) is 0. The lowest BCUT2D eigenvalue weighted by atomic mass is 9.67. The van der Waals surface area contributed by atoms with Crippen molar-refractivity contribution < 1.29 is 4.39 Å². The third-order valence-electron chi connectivity index (χ3n) is 10.3. The molecule has 0 atom stereocenters. The number of alkyl halides is 1. The zero-order valence-corrected chi connectivity index (χ0v) is 22.3. The van der Waals surface area contributed by atoms with E-state index >= 15 is 0 Å². The molecule has 3 aliphatic carbocycles. The van der Waals surface area contributed by atoms with Crippen LogP contribution in [0.2, 0.25) is 0 Å². The van der Waals surface area contributed by atoms with Crippen LogP contribution in [0.5, 0.6) is 0 Å². The first kappa shape index (κ1) is 26.2. The summed E-state index contributed by atoms with van der Waals surface area (Å²) in [4.78, 5) is 0. The van der Waals surface area contributed by atoms with Gasteiger partial charge in [-0.25, -0.2) is 0 Å². The summed E-state index contributed by atoms with van der Waals surface area (Å²) >= 11 is 0. The monoisotopic (exact) mass is 468 g/mol. The molecule has 34 heavy (non-hydrogen) atoms. The van der Waals surface area contributed by atoms with Crippen LogP contribution in [0.25, 0.3) is 0 Å². The summed E-state index contributed by atoms with van der Waals surface area (Å²) in [5.41, 5.74) is 3.12. The van der Waals surface area contributed by atoms with Crippen LogP contribution in [0.15, 0.2) is 24.3 Å². The Balaban J connectivity index is 1.09. The van der Waals surface area contributed by atoms with Crippen LogP contribution in [0.4, 0.5) is 4.39 Å². The maximum atomic E-state index is 12.3. The molecule has 1 aromatic carbocycles. The largest absolute Gasteiger partial charge is 0.251 e. The van der Waals surface area contributed by atoms with E-state index in [4.69, 9.17) is 0 Å². The molecule has 0 radical (unpaired) electrons. The van der Waals surface area contributed by atoms with Gasteiger partial charge in [-0.2, -0.15) is 0 Å². The van der Waals surface area contributed by atoms with Crippen LogP contribution < -0.4 is 0 Å². The van der Waals surface area contributed by atoms with Gasteiger partial charge in [0, 0.05) is 0 Å². The van der Waals surface area contributed by atoms with Crippen LogP contribution >= 0.6 is 0 Å². The Hall–Kier alpha value is -0.850. The van der Waals surface area contributed by atoms with Gasteiger partial charge in [-0.15, -0.1) is 0 Å². The summed E-state index contributed by atoms with van der Waals surface area (Å²) in [6.45, 7) is 2.15. The van der Waals surface area contributed by atoms with Gasteiger partial charge in [-0.3, -0.25) is 4.39 Å². The molecule has 1 heteroatoms. The lowest BCUT2D eigenvalue weighted by molar-refractivity contribution is 0.149. The van der Waals surface area contributed by atoms with Crippen LogP contribution in [-0.4, -0.2) is 6.67 Å². The van der Waals surface area contributed by atoms with Crippen LogP contribution in [0, 0.1) is 29.6 Å². The van der Waals surface area contributed by atoms with Crippen molar-refractivity contribution in [2.24, 2.45) is 29.6 Å². The lowest BCUT2D eigenvalue weighted by Crippen LogP contribution is -2.25. The van der Waals surface area contributed by atoms with E-state index in [0.717, 1.165) is 48.3 Å². The second-order valence-corrected chi connectivity index (χ2v) is 12.5. The third kappa shape index (κ3) is 7.83. The van der Waals surface area contributed by atoms with E-state index in [9.17, 15) is 4.39 Å². The minimum atomic E-state index is -0.119. The second kappa shape index (κ2) is 14.0. The van der Waals surface area contributed by atoms with Crippen molar-refractivity contribution in [2.75, 3.05) is 6.67 Å². The predicted octanol–water partition coefficient (Wildman–Crippen LogP) is 10.4. The number of halogens is 1. The summed E-state index contributed by atoms with van der Waals surface area (Å²) < 4.78 is 12.3. The number of benzene rings is 1. The maximum Gasteiger partial charge on any atom is 0.0894 e. The Morgan fingerprint density at radius 2 is 1.12 bits per heavy atom. The summed E-state index contributed by atoms with van der Waals surface area (Å²) in [5.74, 6) is 5.81. The average Bonchev–Trinajstić information content (AvgIpc) is 2.89. The van der Waals surface area contributed by atoms with Crippen molar-refractivity contribution in [1.82, 2.24) is 0 Å². The second-order valence-electron chi connectivity index (χ2n) is 12.5. The molecule has 0 aliphatic heterocycles. The molecule has 0 nitrogen and oxygen atoms in total. The third-order valence-corrected chi connectivity index (χ3v) is 10.3. The van der Waals surface area contributed by atoms with Crippen molar-refractivity contribution in [3.05, 3.63) is 35.4 Å². The van der Waals surface area contributed by atoms with Gasteiger partial charge in [0.15, 0.2) is 0 Å². The fraction of sp³-hybridized carbons (Fsp3) is 0.818. The Morgan fingerprint density at radius 3 is 1.65 bits per heavy atom. The van der Waals surface area contributed by atoms with Gasteiger partial charge in [0.2, 0.25) is 0 Å². The van der Waals surface area contributed by atoms with E-state index < -0.39 is 0 Å². The van der Waals surface area contributed by atoms with Crippen LogP contribution in [0.3, 0.4) is 0 Å². The van der Waals surface area contributed by atoms with Gasteiger partial charge in [0.05, 0.1) is 6.67 Å². The standard InChI is InChI=1S/C33H53F/c1-2-5-26-13-17-30(18-14-26)32-21-23-33(24-22-32)31-19-15-29(16-20-31)12-11-28-9-7-27(8-10-28)6-3-4-25-34/h13-14,17-18,27-29,31-33H,2-12,15-16,19-25H2,1H3/t27-,28-,29-,31-,32?,33?. The molecule has 0 amide bonds. The van der Waals surface area contributed by atoms with Gasteiger partial charge < -0.3 is 0 Å². The molecule has 0 bridgehead atoms. The quantitative estimate of drug-likeness (QED) is 0.283. The number of aryl methyl sites for hydroxylation is 1. The van der Waals surface area contributed by atoms with Crippen molar-refractivity contribution in [2.45, 2.75) is 135 Å². The molecular weight excluding hydrogens is 415 g/mol. The predicted molar refractivity (Wildman–Crippen MR) is 145 cm³/mol. The van der Waals surface area contributed by atoms with E-state index in [1.807, 2.05) is 0 Å². The molecule has 3 aliphatic rings. The molecule has 3 fully saturated rings. The smallest absolute Gasteiger partial charge is 0.0894 e. The van der Waals surface area contributed by atoms with Crippen molar-refractivity contribution in [1.29, 1.82) is 0 Å². The van der Waals surface area contributed by atoms with Gasteiger partial charge in [-0.05, 0) is 98.0 Å². The Morgan fingerprint density at radius 1 is 0.618 bits per heavy atom. The SMILES string of the molecule is CCCc1ccc(C2CCC([C@H]3CC[C@H](CC[C@H]4CC[C@H](CCCCF)CC4)CC3)CC2)cc1. The molecule has 0 unspecified atom stereocenters. The number of rotatable bonds is 11. The lowest BCUT2D eigenvalue weighted by Gasteiger charge is -2.38. The first-order valence-corrected chi connectivity index (χ1v) is 15.4. The van der Waals surface area contributed by atoms with Crippen molar-refractivity contribution in [3.63, 3.8) is 0 Å². The molecule has 1 aromatic rings. The number of unbranched alkanes of at least 4 members (excludes halogenated alkanes) is 1. The van der Waals surface area contributed by atoms with E-state index in [1.165, 1.54) is 115 Å². The maximum absolute atomic E-state index is 12.3. The molecule has 0 spiro atoms. The number of hydrogen-bond donors (Lipinski definition) is 0. The molecule has 192 valence electrons. The Labute approximate surface area is 210 Å². The molecule has 4 rings (SSSR count). The fourth-order valence-electron chi connectivity index (χ4n) is 7.93. The van der Waals surface area contributed by atoms with Crippen molar-refractivity contribution in [3.8, 4) is 0 Å². The summed E-state index contributed by atoms with van der Waals surface area (Å²) in [5, 5.41) is 0. The summed E-state index contributed by atoms with van der Waals surface area (Å²) in [6, 6.07) is 9.63. The van der Waals surface area contributed by atoms with Gasteiger partial charge in [0.1, 0.15) is 0 Å². The van der Waals surface area contributed by atoms with Gasteiger partial charge >= 0.3 is 0 Å². The highest BCUT2D eigenvalue weighted by molar-refractivity contribution is 5.26. The van der Waals surface area contributed by atoms with E-state index in [1.54, 1.807) is 5.56 Å². The fourth-order valence-corrected chi connectivity index (χ4v) is 7.93. The molecule has 0 N–H and O–H groups in total. The Kier molecular flexibility index (Phi) is 10.8. The van der Waals surface area contributed by atoms with Gasteiger partial charge in [-0.1, -0.05) is 102 Å². The molecule has 3 saturated carbocycles. The van der Waals surface area contributed by atoms with Crippen LogP contribution in [0.1, 0.15) is 140 Å². The first-order valence-electron chi connectivity index (χ1n) is 15.4. The zero-order chi connectivity index (χ0) is 23.6. The van der Waals surface area contributed by atoms with E-state index in [-0.39, 0.29) is 6.67 Å². The zero-order valence-electron chi connectivity index (χ0n) is 22.3. The minimum Gasteiger partial charge on any atom is -0.251 e. The first-order chi connectivity index (χ1) is 16.7. The molecule has 0 aromatic heterocycles. The van der Waals surface area contributed by atoms with Gasteiger partial charge in [0.25, 0.3) is 0 Å². The van der Waals surface area contributed by atoms with Crippen molar-refractivity contribution >= 4 is 0 Å². The average molecular weight is 469 g/mol. The van der Waals surface area contributed by atoms with E-state index in [2.05, 4.69) is 31.2 Å². The van der Waals surface area contributed by atoms with Crippen LogP contribution in [-0.2, 0) is 6.42 Å². The highest BCUT2D eigenvalue weighted by atomic mass is 19.1. The van der Waals surface area contributed by atoms with E-state index in [0.29, 0.717) is 0 Å². The normalized spacial score (nSPS) is 32.5. The molecular formula is C33H53F.